The molecule has 0 saturated heterocycles. The van der Waals surface area contributed by atoms with Gasteiger partial charge in [0.25, 0.3) is 0 Å². The van der Waals surface area contributed by atoms with Crippen molar-refractivity contribution in [2.75, 3.05) is 6.54 Å². The maximum Gasteiger partial charge on any atom is 0.209 e. The van der Waals surface area contributed by atoms with E-state index in [1.165, 1.54) is 0 Å². The number of hydrogen-bond donors (Lipinski definition) is 1. The molecule has 0 atom stereocenters. The Morgan fingerprint density at radius 3 is 2.89 bits per heavy atom. The van der Waals surface area contributed by atoms with E-state index >= 15 is 0 Å². The number of aromatic nitrogens is 7. The van der Waals surface area contributed by atoms with E-state index in [1.54, 1.807) is 22.8 Å². The van der Waals surface area contributed by atoms with Crippen molar-refractivity contribution in [1.82, 2.24) is 40.3 Å². The molecule has 2 aromatic heterocycles. The van der Waals surface area contributed by atoms with Gasteiger partial charge in [-0.2, -0.15) is 0 Å². The molecule has 0 unspecified atom stereocenters. The van der Waals surface area contributed by atoms with Crippen LogP contribution in [0.25, 0.3) is 0 Å². The second kappa shape index (κ2) is 6.62. The fourth-order valence-corrected chi connectivity index (χ4v) is 2.36. The van der Waals surface area contributed by atoms with Gasteiger partial charge in [-0.15, -0.1) is 15.3 Å². The molecule has 2 aromatic rings. The molecule has 19 heavy (non-hydrogen) atoms. The predicted molar refractivity (Wildman–Crippen MR) is 71.5 cm³/mol. The smallest absolute Gasteiger partial charge is 0.209 e. The molecule has 0 fully saturated rings. The van der Waals surface area contributed by atoms with Crippen LogP contribution in [0.15, 0.2) is 11.5 Å². The van der Waals surface area contributed by atoms with Crippen molar-refractivity contribution in [3.63, 3.8) is 0 Å². The van der Waals surface area contributed by atoms with Gasteiger partial charge in [0.15, 0.2) is 0 Å². The first-order chi connectivity index (χ1) is 9.16. The highest BCUT2D eigenvalue weighted by atomic mass is 32.2. The normalized spacial score (nSPS) is 11.4. The molecule has 0 aliphatic rings. The van der Waals surface area contributed by atoms with Gasteiger partial charge in [-0.3, -0.25) is 0 Å². The lowest BCUT2D eigenvalue weighted by Gasteiger charge is -2.08. The lowest BCUT2D eigenvalue weighted by atomic mass is 10.4. The number of rotatable bonds is 7. The molecule has 0 aromatic carbocycles. The van der Waals surface area contributed by atoms with E-state index in [4.69, 9.17) is 0 Å². The summed E-state index contributed by atoms with van der Waals surface area (Å²) in [6.07, 6.45) is 1.69. The van der Waals surface area contributed by atoms with Crippen molar-refractivity contribution in [3.05, 3.63) is 12.2 Å². The van der Waals surface area contributed by atoms with Crippen molar-refractivity contribution in [3.8, 4) is 0 Å². The maximum atomic E-state index is 4.03. The molecular formula is C10H18N8S. The standard InChI is InChI=1S/C10H18N8S/c1-8(2)11-4-5-18-10(14-15-16-18)19-6-9-13-12-7-17(9)3/h7-8,11H,4-6H2,1-3H3. The summed E-state index contributed by atoms with van der Waals surface area (Å²) in [5, 5.41) is 23.7. The zero-order valence-corrected chi connectivity index (χ0v) is 12.1. The first-order valence-corrected chi connectivity index (χ1v) is 7.10. The quantitative estimate of drug-likeness (QED) is 0.720. The van der Waals surface area contributed by atoms with E-state index in [0.29, 0.717) is 11.8 Å². The van der Waals surface area contributed by atoms with E-state index < -0.39 is 0 Å². The Hall–Kier alpha value is -1.48. The van der Waals surface area contributed by atoms with Gasteiger partial charge >= 0.3 is 0 Å². The van der Waals surface area contributed by atoms with E-state index in [-0.39, 0.29) is 0 Å². The lowest BCUT2D eigenvalue weighted by molar-refractivity contribution is 0.485. The molecule has 2 heterocycles. The second-order valence-corrected chi connectivity index (χ2v) is 5.38. The van der Waals surface area contributed by atoms with Crippen LogP contribution in [-0.4, -0.2) is 47.6 Å². The van der Waals surface area contributed by atoms with Crippen LogP contribution < -0.4 is 5.32 Å². The lowest BCUT2D eigenvalue weighted by Crippen LogP contribution is -2.27. The Morgan fingerprint density at radius 2 is 2.21 bits per heavy atom. The van der Waals surface area contributed by atoms with E-state index in [2.05, 4.69) is 44.9 Å². The fraction of sp³-hybridized carbons (Fsp3) is 0.700. The summed E-state index contributed by atoms with van der Waals surface area (Å²) in [4.78, 5) is 0. The third-order valence-corrected chi connectivity index (χ3v) is 3.46. The van der Waals surface area contributed by atoms with E-state index in [1.807, 2.05) is 11.6 Å². The average molecular weight is 282 g/mol. The van der Waals surface area contributed by atoms with Gasteiger partial charge in [0, 0.05) is 19.6 Å². The maximum absolute atomic E-state index is 4.03. The minimum atomic E-state index is 0.464. The molecule has 0 radical (unpaired) electrons. The predicted octanol–water partition coefficient (Wildman–Crippen LogP) is 0.0919. The van der Waals surface area contributed by atoms with Crippen LogP contribution in [0.2, 0.25) is 0 Å². The molecule has 1 N–H and O–H groups in total. The first kappa shape index (κ1) is 13.9. The summed E-state index contributed by atoms with van der Waals surface area (Å²) in [6.45, 7) is 5.83. The van der Waals surface area contributed by atoms with Gasteiger partial charge in [0.2, 0.25) is 5.16 Å². The highest BCUT2D eigenvalue weighted by molar-refractivity contribution is 7.98. The van der Waals surface area contributed by atoms with Crippen LogP contribution in [0.4, 0.5) is 0 Å². The largest absolute Gasteiger partial charge is 0.320 e. The SMILES string of the molecule is CC(C)NCCn1nnnc1SCc1nncn1C. The van der Waals surface area contributed by atoms with Crippen molar-refractivity contribution in [2.45, 2.75) is 37.3 Å². The van der Waals surface area contributed by atoms with E-state index in [0.717, 1.165) is 24.1 Å². The molecule has 0 aliphatic carbocycles. The Bertz CT molecular complexity index is 505. The summed E-state index contributed by atoms with van der Waals surface area (Å²) in [6, 6.07) is 0.464. The topological polar surface area (TPSA) is 86.3 Å². The molecule has 0 aliphatic heterocycles. The summed E-state index contributed by atoms with van der Waals surface area (Å²) < 4.78 is 3.69. The van der Waals surface area contributed by atoms with Gasteiger partial charge < -0.3 is 9.88 Å². The van der Waals surface area contributed by atoms with Crippen molar-refractivity contribution < 1.29 is 0 Å². The minimum Gasteiger partial charge on any atom is -0.320 e. The van der Waals surface area contributed by atoms with Gasteiger partial charge in [-0.1, -0.05) is 25.6 Å². The molecule has 0 spiro atoms. The zero-order valence-electron chi connectivity index (χ0n) is 11.3. The molecule has 104 valence electrons. The van der Waals surface area contributed by atoms with Crippen LogP contribution in [0.1, 0.15) is 19.7 Å². The Labute approximate surface area is 116 Å². The Balaban J connectivity index is 1.87. The number of tetrazole rings is 1. The minimum absolute atomic E-state index is 0.464. The van der Waals surface area contributed by atoms with Crippen LogP contribution in [0.3, 0.4) is 0 Å². The van der Waals surface area contributed by atoms with Gasteiger partial charge in [-0.25, -0.2) is 4.68 Å². The summed E-state index contributed by atoms with van der Waals surface area (Å²) in [5.41, 5.74) is 0. The summed E-state index contributed by atoms with van der Waals surface area (Å²) >= 11 is 1.56. The second-order valence-electron chi connectivity index (χ2n) is 4.44. The van der Waals surface area contributed by atoms with Crippen molar-refractivity contribution >= 4 is 11.8 Å². The molecular weight excluding hydrogens is 264 g/mol. The van der Waals surface area contributed by atoms with Crippen LogP contribution >= 0.6 is 11.8 Å². The van der Waals surface area contributed by atoms with Gasteiger partial charge in [0.05, 0.1) is 12.3 Å². The van der Waals surface area contributed by atoms with Crippen LogP contribution in [0.5, 0.6) is 0 Å². The molecule has 9 heteroatoms. The van der Waals surface area contributed by atoms with Crippen LogP contribution in [0, 0.1) is 0 Å². The number of nitrogens with one attached hydrogen (secondary N) is 1. The fourth-order valence-electron chi connectivity index (χ4n) is 1.47. The third kappa shape index (κ3) is 4.00. The molecule has 8 nitrogen and oxygen atoms in total. The van der Waals surface area contributed by atoms with Crippen molar-refractivity contribution in [1.29, 1.82) is 0 Å². The number of aryl methyl sites for hydroxylation is 1. The summed E-state index contributed by atoms with van der Waals surface area (Å²) in [7, 11) is 1.92. The third-order valence-electron chi connectivity index (χ3n) is 2.51. The van der Waals surface area contributed by atoms with Gasteiger partial charge in [-0.05, 0) is 10.4 Å². The highest BCUT2D eigenvalue weighted by Crippen LogP contribution is 2.17. The van der Waals surface area contributed by atoms with Crippen molar-refractivity contribution in [2.24, 2.45) is 7.05 Å². The molecule has 0 amide bonds. The summed E-state index contributed by atoms with van der Waals surface area (Å²) in [5.74, 6) is 1.61. The highest BCUT2D eigenvalue weighted by Gasteiger charge is 2.09. The number of hydrogen-bond acceptors (Lipinski definition) is 7. The number of nitrogens with zero attached hydrogens (tertiary/aromatic N) is 7. The molecule has 2 rings (SSSR count). The Kier molecular flexibility index (Phi) is 4.86. The Morgan fingerprint density at radius 1 is 1.37 bits per heavy atom. The number of thioether (sulfide) groups is 1. The average Bonchev–Trinajstić information content (AvgIpc) is 2.95. The van der Waals surface area contributed by atoms with Crippen LogP contribution in [-0.2, 0) is 19.3 Å². The first-order valence-electron chi connectivity index (χ1n) is 6.12. The van der Waals surface area contributed by atoms with E-state index in [9.17, 15) is 0 Å². The monoisotopic (exact) mass is 282 g/mol. The molecule has 0 bridgehead atoms. The molecule has 0 saturated carbocycles. The van der Waals surface area contributed by atoms with Gasteiger partial charge in [0.1, 0.15) is 12.2 Å². The zero-order chi connectivity index (χ0) is 13.7.